The summed E-state index contributed by atoms with van der Waals surface area (Å²) in [7, 11) is 0. The van der Waals surface area contributed by atoms with Crippen molar-refractivity contribution in [1.29, 1.82) is 0 Å². The minimum Gasteiger partial charge on any atom is -0.505 e. The van der Waals surface area contributed by atoms with Gasteiger partial charge in [-0.1, -0.05) is 6.07 Å². The van der Waals surface area contributed by atoms with Crippen LogP contribution in [0, 0.1) is 5.82 Å². The molecule has 1 heterocycles. The van der Waals surface area contributed by atoms with Crippen LogP contribution in [0.2, 0.25) is 0 Å². The van der Waals surface area contributed by atoms with Gasteiger partial charge in [0.05, 0.1) is 5.69 Å². The summed E-state index contributed by atoms with van der Waals surface area (Å²) < 4.78 is 25.1. The van der Waals surface area contributed by atoms with Gasteiger partial charge in [-0.15, -0.1) is 0 Å². The number of ether oxygens (including phenoxy) is 2. The molecule has 6 heteroatoms. The molecule has 0 saturated heterocycles. The number of rotatable bonds is 3. The van der Waals surface area contributed by atoms with Gasteiger partial charge in [-0.25, -0.2) is 4.39 Å². The van der Waals surface area contributed by atoms with Gasteiger partial charge in [0.25, 0.3) is 0 Å². The number of halogens is 2. The van der Waals surface area contributed by atoms with E-state index in [2.05, 4.69) is 21.2 Å². The molecule has 2 N–H and O–H groups in total. The highest BCUT2D eigenvalue weighted by Crippen LogP contribution is 2.38. The second-order valence-electron chi connectivity index (χ2n) is 4.62. The van der Waals surface area contributed by atoms with E-state index in [-0.39, 0.29) is 5.75 Å². The molecule has 0 aliphatic carbocycles. The molecule has 0 radical (unpaired) electrons. The van der Waals surface area contributed by atoms with Crippen molar-refractivity contribution in [2.24, 2.45) is 0 Å². The number of nitrogens with one attached hydrogen (secondary N) is 1. The molecule has 2 aromatic rings. The van der Waals surface area contributed by atoms with Crippen LogP contribution in [0.4, 0.5) is 10.1 Å². The van der Waals surface area contributed by atoms with E-state index in [1.807, 2.05) is 12.1 Å². The summed E-state index contributed by atoms with van der Waals surface area (Å²) in [5.74, 6) is 0.410. The zero-order valence-electron chi connectivity index (χ0n) is 11.0. The van der Waals surface area contributed by atoms with Crippen molar-refractivity contribution >= 4 is 21.6 Å². The molecule has 0 spiro atoms. The lowest BCUT2D eigenvalue weighted by molar-refractivity contribution is 0.171. The second kappa shape index (κ2) is 5.81. The zero-order valence-corrected chi connectivity index (χ0v) is 12.6. The SMILES string of the molecule is Oc1ccc(CNc2cc3c(cc2Br)OCCO3)cc1F. The molecule has 0 aromatic heterocycles. The summed E-state index contributed by atoms with van der Waals surface area (Å²) in [4.78, 5) is 0. The molecule has 21 heavy (non-hydrogen) atoms. The maximum Gasteiger partial charge on any atom is 0.165 e. The first-order valence-electron chi connectivity index (χ1n) is 6.44. The van der Waals surface area contributed by atoms with Crippen molar-refractivity contribution in [1.82, 2.24) is 0 Å². The third-order valence-electron chi connectivity index (χ3n) is 3.13. The van der Waals surface area contributed by atoms with E-state index in [0.717, 1.165) is 15.7 Å². The van der Waals surface area contributed by atoms with E-state index in [4.69, 9.17) is 9.47 Å². The molecule has 0 atom stereocenters. The Bertz CT molecular complexity index is 678. The number of phenols is 1. The first-order chi connectivity index (χ1) is 10.1. The highest BCUT2D eigenvalue weighted by atomic mass is 79.9. The highest BCUT2D eigenvalue weighted by molar-refractivity contribution is 9.10. The van der Waals surface area contributed by atoms with Crippen LogP contribution >= 0.6 is 15.9 Å². The standard InChI is InChI=1S/C15H13BrFNO3/c16-10-6-14-15(21-4-3-20-14)7-12(10)18-8-9-1-2-13(19)11(17)5-9/h1-2,5-7,18-19H,3-4,8H2. The number of hydrogen-bond donors (Lipinski definition) is 2. The molecule has 0 fully saturated rings. The van der Waals surface area contributed by atoms with Gasteiger partial charge in [0, 0.05) is 23.2 Å². The number of hydrogen-bond acceptors (Lipinski definition) is 4. The molecule has 3 rings (SSSR count). The molecule has 0 bridgehead atoms. The summed E-state index contributed by atoms with van der Waals surface area (Å²) in [6, 6.07) is 7.99. The molecule has 0 unspecified atom stereocenters. The average Bonchev–Trinajstić information content (AvgIpc) is 2.48. The molecule has 1 aliphatic heterocycles. The van der Waals surface area contributed by atoms with Gasteiger partial charge < -0.3 is 19.9 Å². The number of fused-ring (bicyclic) bond motifs is 1. The van der Waals surface area contributed by atoms with E-state index in [1.165, 1.54) is 12.1 Å². The van der Waals surface area contributed by atoms with Crippen LogP contribution in [-0.4, -0.2) is 18.3 Å². The largest absolute Gasteiger partial charge is 0.505 e. The van der Waals surface area contributed by atoms with Gasteiger partial charge in [0.2, 0.25) is 0 Å². The minimum atomic E-state index is -0.629. The van der Waals surface area contributed by atoms with E-state index >= 15 is 0 Å². The Kier molecular flexibility index (Phi) is 3.88. The van der Waals surface area contributed by atoms with Gasteiger partial charge >= 0.3 is 0 Å². The first kappa shape index (κ1) is 14.0. The third-order valence-corrected chi connectivity index (χ3v) is 3.78. The highest BCUT2D eigenvalue weighted by Gasteiger charge is 2.14. The normalized spacial score (nSPS) is 13.0. The van der Waals surface area contributed by atoms with Crippen molar-refractivity contribution in [2.45, 2.75) is 6.54 Å². The van der Waals surface area contributed by atoms with Crippen LogP contribution < -0.4 is 14.8 Å². The second-order valence-corrected chi connectivity index (χ2v) is 5.47. The summed E-state index contributed by atoms with van der Waals surface area (Å²) in [5, 5.41) is 12.4. The Hall–Kier alpha value is -1.95. The van der Waals surface area contributed by atoms with E-state index < -0.39 is 5.82 Å². The summed E-state index contributed by atoms with van der Waals surface area (Å²) in [6.07, 6.45) is 0. The first-order valence-corrected chi connectivity index (χ1v) is 7.23. The lowest BCUT2D eigenvalue weighted by Crippen LogP contribution is -2.15. The molecule has 0 amide bonds. The molecular weight excluding hydrogens is 341 g/mol. The van der Waals surface area contributed by atoms with Gasteiger partial charge in [-0.05, 0) is 33.6 Å². The third kappa shape index (κ3) is 3.05. The van der Waals surface area contributed by atoms with Crippen LogP contribution in [0.5, 0.6) is 17.2 Å². The predicted molar refractivity (Wildman–Crippen MR) is 80.5 cm³/mol. The number of benzene rings is 2. The van der Waals surface area contributed by atoms with Gasteiger partial charge in [0.15, 0.2) is 23.1 Å². The van der Waals surface area contributed by atoms with Gasteiger partial charge in [-0.2, -0.15) is 0 Å². The maximum atomic E-state index is 13.3. The lowest BCUT2D eigenvalue weighted by Gasteiger charge is -2.20. The van der Waals surface area contributed by atoms with Crippen molar-refractivity contribution < 1.29 is 19.0 Å². The van der Waals surface area contributed by atoms with Crippen LogP contribution in [0.15, 0.2) is 34.8 Å². The molecule has 2 aromatic carbocycles. The van der Waals surface area contributed by atoms with Crippen molar-refractivity contribution in [3.63, 3.8) is 0 Å². The fraction of sp³-hybridized carbons (Fsp3) is 0.200. The monoisotopic (exact) mass is 353 g/mol. The van der Waals surface area contributed by atoms with Crippen LogP contribution in [0.1, 0.15) is 5.56 Å². The Labute approximate surface area is 129 Å². The van der Waals surface area contributed by atoms with Crippen molar-refractivity contribution in [3.05, 3.63) is 46.2 Å². The minimum absolute atomic E-state index is 0.348. The molecule has 1 aliphatic rings. The molecule has 0 saturated carbocycles. The topological polar surface area (TPSA) is 50.7 Å². The molecular formula is C15H13BrFNO3. The summed E-state index contributed by atoms with van der Waals surface area (Å²) in [6.45, 7) is 1.49. The fourth-order valence-corrected chi connectivity index (χ4v) is 2.52. The number of phenolic OH excluding ortho intramolecular Hbond substituents is 1. The van der Waals surface area contributed by atoms with Crippen molar-refractivity contribution in [3.8, 4) is 17.2 Å². The quantitative estimate of drug-likeness (QED) is 0.883. The van der Waals surface area contributed by atoms with Gasteiger partial charge in [0.1, 0.15) is 13.2 Å². The van der Waals surface area contributed by atoms with Crippen LogP contribution in [0.25, 0.3) is 0 Å². The zero-order chi connectivity index (χ0) is 14.8. The Morgan fingerprint density at radius 1 is 1.14 bits per heavy atom. The Morgan fingerprint density at radius 3 is 2.57 bits per heavy atom. The number of anilines is 1. The van der Waals surface area contributed by atoms with Gasteiger partial charge in [-0.3, -0.25) is 0 Å². The fourth-order valence-electron chi connectivity index (χ4n) is 2.06. The molecule has 4 nitrogen and oxygen atoms in total. The average molecular weight is 354 g/mol. The smallest absolute Gasteiger partial charge is 0.165 e. The molecule has 110 valence electrons. The Morgan fingerprint density at radius 2 is 1.86 bits per heavy atom. The summed E-state index contributed by atoms with van der Waals surface area (Å²) >= 11 is 3.46. The number of aromatic hydroxyl groups is 1. The maximum absolute atomic E-state index is 13.3. The van der Waals surface area contributed by atoms with E-state index in [0.29, 0.717) is 31.3 Å². The lowest BCUT2D eigenvalue weighted by atomic mass is 10.2. The van der Waals surface area contributed by atoms with E-state index in [1.54, 1.807) is 6.07 Å². The summed E-state index contributed by atoms with van der Waals surface area (Å²) in [5.41, 5.74) is 1.56. The van der Waals surface area contributed by atoms with Crippen molar-refractivity contribution in [2.75, 3.05) is 18.5 Å². The van der Waals surface area contributed by atoms with Crippen LogP contribution in [0.3, 0.4) is 0 Å². The van der Waals surface area contributed by atoms with Crippen LogP contribution in [-0.2, 0) is 6.54 Å². The van der Waals surface area contributed by atoms with E-state index in [9.17, 15) is 9.50 Å². The predicted octanol–water partition coefficient (Wildman–Crippen LogP) is 3.68. The Balaban J connectivity index is 1.77.